The Kier molecular flexibility index (Phi) is 5.62. The number of carbonyl (C=O) groups is 2. The van der Waals surface area contributed by atoms with Crippen LogP contribution in [0.4, 0.5) is 0 Å². The molecule has 0 fully saturated rings. The largest absolute Gasteiger partial charge is 0.456 e. The Labute approximate surface area is 124 Å². The Balaban J connectivity index is 2.71. The van der Waals surface area contributed by atoms with Gasteiger partial charge in [0.15, 0.2) is 0 Å². The Morgan fingerprint density at radius 2 is 2.00 bits per heavy atom. The molecule has 4 nitrogen and oxygen atoms in total. The Bertz CT molecular complexity index is 494. The maximum absolute atomic E-state index is 12.0. The second-order valence-electron chi connectivity index (χ2n) is 5.56. The quantitative estimate of drug-likeness (QED) is 0.848. The third kappa shape index (κ3) is 5.65. The summed E-state index contributed by atoms with van der Waals surface area (Å²) in [6.45, 7) is 7.27. The van der Waals surface area contributed by atoms with Crippen molar-refractivity contribution in [3.63, 3.8) is 0 Å². The van der Waals surface area contributed by atoms with E-state index in [1.807, 2.05) is 32.9 Å². The van der Waals surface area contributed by atoms with Gasteiger partial charge >= 0.3 is 5.97 Å². The first kappa shape index (κ1) is 16.6. The fraction of sp³-hybridized carbons (Fsp3) is 0.467. The van der Waals surface area contributed by atoms with E-state index in [0.717, 1.165) is 5.56 Å². The average Bonchev–Trinajstić information content (AvgIpc) is 2.34. The summed E-state index contributed by atoms with van der Waals surface area (Å²) in [5, 5.41) is -0.250. The minimum Gasteiger partial charge on any atom is -0.456 e. The molecule has 1 rings (SSSR count). The van der Waals surface area contributed by atoms with Gasteiger partial charge in [-0.1, -0.05) is 12.1 Å². The summed E-state index contributed by atoms with van der Waals surface area (Å²) in [4.78, 5) is 22.9. The van der Waals surface area contributed by atoms with Crippen LogP contribution in [0.15, 0.2) is 24.3 Å². The van der Waals surface area contributed by atoms with Gasteiger partial charge in [-0.2, -0.15) is 0 Å². The molecule has 1 aromatic carbocycles. The molecule has 0 aliphatic rings. The predicted octanol–water partition coefficient (Wildman–Crippen LogP) is 2.75. The van der Waals surface area contributed by atoms with E-state index in [0.29, 0.717) is 11.3 Å². The molecule has 5 heteroatoms. The van der Waals surface area contributed by atoms with Crippen molar-refractivity contribution < 1.29 is 14.3 Å². The van der Waals surface area contributed by atoms with Crippen LogP contribution in [0.5, 0.6) is 0 Å². The molecule has 20 heavy (non-hydrogen) atoms. The van der Waals surface area contributed by atoms with Crippen LogP contribution in [0.1, 0.15) is 43.6 Å². The van der Waals surface area contributed by atoms with Crippen molar-refractivity contribution in [1.29, 1.82) is 0 Å². The molecule has 0 heterocycles. The minimum absolute atomic E-state index is 0.250. The first-order valence-electron chi connectivity index (χ1n) is 6.42. The van der Waals surface area contributed by atoms with Gasteiger partial charge in [0.05, 0.1) is 10.8 Å². The maximum Gasteiger partial charge on any atom is 0.338 e. The SMILES string of the molecule is CC(SCc1cccc(C(=O)OC(C)(C)C)c1)C(N)=O. The number of carbonyl (C=O) groups excluding carboxylic acids is 2. The number of amides is 1. The van der Waals surface area contributed by atoms with Crippen molar-refractivity contribution in [2.45, 2.75) is 44.3 Å². The number of hydrogen-bond donors (Lipinski definition) is 1. The van der Waals surface area contributed by atoms with Crippen LogP contribution in [0, 0.1) is 0 Å². The van der Waals surface area contributed by atoms with Crippen LogP contribution in [0.3, 0.4) is 0 Å². The number of hydrogen-bond acceptors (Lipinski definition) is 4. The molecule has 1 amide bonds. The summed E-state index contributed by atoms with van der Waals surface area (Å²) >= 11 is 1.44. The third-order valence-electron chi connectivity index (χ3n) is 2.46. The molecule has 0 aliphatic heterocycles. The molecule has 0 saturated heterocycles. The van der Waals surface area contributed by atoms with E-state index in [1.54, 1.807) is 19.1 Å². The van der Waals surface area contributed by atoms with Crippen LogP contribution in [-0.4, -0.2) is 22.7 Å². The van der Waals surface area contributed by atoms with Crippen molar-refractivity contribution in [2.24, 2.45) is 5.73 Å². The molecule has 2 N–H and O–H groups in total. The van der Waals surface area contributed by atoms with Gasteiger partial charge in [0.1, 0.15) is 5.60 Å². The van der Waals surface area contributed by atoms with Crippen LogP contribution in [0.25, 0.3) is 0 Å². The minimum atomic E-state index is -0.512. The highest BCUT2D eigenvalue weighted by atomic mass is 32.2. The molecule has 0 aliphatic carbocycles. The van der Waals surface area contributed by atoms with E-state index in [-0.39, 0.29) is 17.1 Å². The van der Waals surface area contributed by atoms with Crippen LogP contribution in [0.2, 0.25) is 0 Å². The zero-order valence-corrected chi connectivity index (χ0v) is 13.1. The Morgan fingerprint density at radius 3 is 2.55 bits per heavy atom. The molecule has 1 atom stereocenters. The molecule has 0 bridgehead atoms. The maximum atomic E-state index is 12.0. The smallest absolute Gasteiger partial charge is 0.338 e. The van der Waals surface area contributed by atoms with Crippen molar-refractivity contribution in [1.82, 2.24) is 0 Å². The average molecular weight is 295 g/mol. The molecule has 1 unspecified atom stereocenters. The number of benzene rings is 1. The summed E-state index contributed by atoms with van der Waals surface area (Å²) in [5.41, 5.74) is 6.18. The first-order chi connectivity index (χ1) is 9.19. The molecule has 0 aromatic heterocycles. The van der Waals surface area contributed by atoms with Crippen molar-refractivity contribution in [2.75, 3.05) is 0 Å². The standard InChI is InChI=1S/C15H21NO3S/c1-10(13(16)17)20-9-11-6-5-7-12(8-11)14(18)19-15(2,3)4/h5-8,10H,9H2,1-4H3,(H2,16,17). The number of nitrogens with two attached hydrogens (primary N) is 1. The summed E-state index contributed by atoms with van der Waals surface area (Å²) in [6.07, 6.45) is 0. The van der Waals surface area contributed by atoms with Gasteiger partial charge < -0.3 is 10.5 Å². The summed E-state index contributed by atoms with van der Waals surface area (Å²) in [6, 6.07) is 7.23. The van der Waals surface area contributed by atoms with Gasteiger partial charge in [0.2, 0.25) is 5.91 Å². The fourth-order valence-electron chi connectivity index (χ4n) is 1.43. The lowest BCUT2D eigenvalue weighted by Gasteiger charge is -2.19. The third-order valence-corrected chi connectivity index (χ3v) is 3.69. The lowest BCUT2D eigenvalue weighted by Crippen LogP contribution is -2.24. The van der Waals surface area contributed by atoms with E-state index in [2.05, 4.69) is 0 Å². The van der Waals surface area contributed by atoms with E-state index >= 15 is 0 Å². The zero-order valence-electron chi connectivity index (χ0n) is 12.3. The molecule has 0 spiro atoms. The van der Waals surface area contributed by atoms with Gasteiger partial charge in [-0.25, -0.2) is 4.79 Å². The Hall–Kier alpha value is -1.49. The summed E-state index contributed by atoms with van der Waals surface area (Å²) in [7, 11) is 0. The zero-order chi connectivity index (χ0) is 15.3. The van der Waals surface area contributed by atoms with Gasteiger partial charge in [0, 0.05) is 5.75 Å². The lowest BCUT2D eigenvalue weighted by atomic mass is 10.1. The highest BCUT2D eigenvalue weighted by Crippen LogP contribution is 2.19. The van der Waals surface area contributed by atoms with E-state index in [1.165, 1.54) is 11.8 Å². The van der Waals surface area contributed by atoms with E-state index in [4.69, 9.17) is 10.5 Å². The molecule has 110 valence electrons. The van der Waals surface area contributed by atoms with Crippen LogP contribution < -0.4 is 5.73 Å². The summed E-state index contributed by atoms with van der Waals surface area (Å²) in [5.74, 6) is -0.0496. The van der Waals surface area contributed by atoms with Crippen LogP contribution >= 0.6 is 11.8 Å². The van der Waals surface area contributed by atoms with Crippen molar-refractivity contribution in [3.8, 4) is 0 Å². The van der Waals surface area contributed by atoms with Gasteiger partial charge in [0.25, 0.3) is 0 Å². The predicted molar refractivity (Wildman–Crippen MR) is 81.6 cm³/mol. The molecule has 0 radical (unpaired) electrons. The Morgan fingerprint density at radius 1 is 1.35 bits per heavy atom. The van der Waals surface area contributed by atoms with Gasteiger partial charge in [-0.3, -0.25) is 4.79 Å². The monoisotopic (exact) mass is 295 g/mol. The van der Waals surface area contributed by atoms with E-state index < -0.39 is 5.60 Å². The second kappa shape index (κ2) is 6.79. The summed E-state index contributed by atoms with van der Waals surface area (Å²) < 4.78 is 5.32. The lowest BCUT2D eigenvalue weighted by molar-refractivity contribution is -0.117. The number of primary amides is 1. The van der Waals surface area contributed by atoms with Gasteiger partial charge in [-0.05, 0) is 45.4 Å². The second-order valence-corrected chi connectivity index (χ2v) is 6.89. The molecule has 0 saturated carbocycles. The van der Waals surface area contributed by atoms with Crippen molar-refractivity contribution >= 4 is 23.6 Å². The molecule has 1 aromatic rings. The molecular formula is C15H21NO3S. The van der Waals surface area contributed by atoms with E-state index in [9.17, 15) is 9.59 Å². The van der Waals surface area contributed by atoms with Crippen LogP contribution in [-0.2, 0) is 15.3 Å². The normalized spacial score (nSPS) is 12.8. The van der Waals surface area contributed by atoms with Crippen molar-refractivity contribution in [3.05, 3.63) is 35.4 Å². The van der Waals surface area contributed by atoms with Gasteiger partial charge in [-0.15, -0.1) is 11.8 Å². The highest BCUT2D eigenvalue weighted by Gasteiger charge is 2.18. The highest BCUT2D eigenvalue weighted by molar-refractivity contribution is 7.99. The number of esters is 1. The number of thioether (sulfide) groups is 1. The topological polar surface area (TPSA) is 69.4 Å². The number of ether oxygens (including phenoxy) is 1. The molecular weight excluding hydrogens is 274 g/mol. The first-order valence-corrected chi connectivity index (χ1v) is 7.47. The number of rotatable bonds is 5. The fourth-order valence-corrected chi connectivity index (χ4v) is 2.21.